The van der Waals surface area contributed by atoms with Crippen molar-refractivity contribution >= 4 is 0 Å². The minimum atomic E-state index is 0.782. The normalized spacial score (nSPS) is 31.0. The van der Waals surface area contributed by atoms with Crippen LogP contribution < -0.4 is 5.32 Å². The van der Waals surface area contributed by atoms with Crippen LogP contribution in [0.3, 0.4) is 0 Å². The summed E-state index contributed by atoms with van der Waals surface area (Å²) >= 11 is 0. The van der Waals surface area contributed by atoms with Gasteiger partial charge in [0.1, 0.15) is 0 Å². The highest BCUT2D eigenvalue weighted by atomic mass is 15.2. The van der Waals surface area contributed by atoms with Gasteiger partial charge in [-0.1, -0.05) is 6.42 Å². The van der Waals surface area contributed by atoms with E-state index in [1.165, 1.54) is 45.2 Å². The lowest BCUT2D eigenvalue weighted by Gasteiger charge is -2.28. The predicted molar refractivity (Wildman–Crippen MR) is 51.3 cm³/mol. The molecule has 0 amide bonds. The first-order valence-corrected chi connectivity index (χ1v) is 5.30. The van der Waals surface area contributed by atoms with Crippen molar-refractivity contribution in [2.75, 3.05) is 20.1 Å². The molecular weight excluding hydrogens is 148 g/mol. The SMILES string of the molecule is CN(CC1CCCCN1)C1CC1. The largest absolute Gasteiger partial charge is 0.313 e. The summed E-state index contributed by atoms with van der Waals surface area (Å²) in [4.78, 5) is 2.53. The molecule has 1 saturated heterocycles. The standard InChI is InChI=1S/C10H20N2/c1-12(10-5-6-10)8-9-4-2-3-7-11-9/h9-11H,2-8H2,1H3. The fourth-order valence-electron chi connectivity index (χ4n) is 2.09. The maximum absolute atomic E-state index is 3.59. The number of nitrogens with one attached hydrogen (secondary N) is 1. The van der Waals surface area contributed by atoms with Gasteiger partial charge in [0.25, 0.3) is 0 Å². The molecule has 70 valence electrons. The van der Waals surface area contributed by atoms with Crippen LogP contribution in [0.5, 0.6) is 0 Å². The van der Waals surface area contributed by atoms with Gasteiger partial charge in [-0.3, -0.25) is 0 Å². The van der Waals surface area contributed by atoms with Crippen LogP contribution in [0.1, 0.15) is 32.1 Å². The zero-order chi connectivity index (χ0) is 8.39. The number of hydrogen-bond acceptors (Lipinski definition) is 2. The second kappa shape index (κ2) is 3.75. The average Bonchev–Trinajstić information content (AvgIpc) is 2.88. The monoisotopic (exact) mass is 168 g/mol. The van der Waals surface area contributed by atoms with E-state index in [1.54, 1.807) is 0 Å². The van der Waals surface area contributed by atoms with Crippen molar-refractivity contribution in [3.05, 3.63) is 0 Å². The molecule has 1 aliphatic carbocycles. The van der Waals surface area contributed by atoms with Crippen molar-refractivity contribution in [3.63, 3.8) is 0 Å². The summed E-state index contributed by atoms with van der Waals surface area (Å²) in [5.41, 5.74) is 0. The Balaban J connectivity index is 1.69. The van der Waals surface area contributed by atoms with Gasteiger partial charge in [-0.15, -0.1) is 0 Å². The molecule has 1 N–H and O–H groups in total. The van der Waals surface area contributed by atoms with Gasteiger partial charge in [0.2, 0.25) is 0 Å². The molecule has 12 heavy (non-hydrogen) atoms. The molecule has 0 aromatic rings. The quantitative estimate of drug-likeness (QED) is 0.681. The first kappa shape index (κ1) is 8.52. The highest BCUT2D eigenvalue weighted by molar-refractivity contribution is 4.85. The second-order valence-electron chi connectivity index (χ2n) is 4.32. The number of nitrogens with zero attached hydrogens (tertiary/aromatic N) is 1. The molecule has 2 nitrogen and oxygen atoms in total. The van der Waals surface area contributed by atoms with Crippen LogP contribution in [-0.4, -0.2) is 37.1 Å². The molecule has 2 aliphatic rings. The van der Waals surface area contributed by atoms with Gasteiger partial charge in [-0.2, -0.15) is 0 Å². The van der Waals surface area contributed by atoms with Crippen LogP contribution in [0.4, 0.5) is 0 Å². The molecule has 0 radical (unpaired) electrons. The minimum absolute atomic E-state index is 0.782. The zero-order valence-corrected chi connectivity index (χ0v) is 8.05. The Kier molecular flexibility index (Phi) is 2.66. The van der Waals surface area contributed by atoms with Crippen LogP contribution in [-0.2, 0) is 0 Å². The third-order valence-electron chi connectivity index (χ3n) is 3.09. The molecule has 0 spiro atoms. The Morgan fingerprint density at radius 1 is 1.25 bits per heavy atom. The van der Waals surface area contributed by atoms with Crippen molar-refractivity contribution < 1.29 is 0 Å². The number of piperidine rings is 1. The van der Waals surface area contributed by atoms with Crippen LogP contribution in [0.25, 0.3) is 0 Å². The molecule has 1 atom stereocenters. The van der Waals surface area contributed by atoms with Crippen LogP contribution in [0.15, 0.2) is 0 Å². The summed E-state index contributed by atoms with van der Waals surface area (Å²) in [7, 11) is 2.27. The van der Waals surface area contributed by atoms with Gasteiger partial charge in [0.05, 0.1) is 0 Å². The van der Waals surface area contributed by atoms with Gasteiger partial charge in [0, 0.05) is 18.6 Å². The first-order chi connectivity index (χ1) is 5.86. The van der Waals surface area contributed by atoms with E-state index < -0.39 is 0 Å². The van der Waals surface area contributed by atoms with Crippen molar-refractivity contribution in [3.8, 4) is 0 Å². The van der Waals surface area contributed by atoms with E-state index in [0.717, 1.165) is 12.1 Å². The summed E-state index contributed by atoms with van der Waals surface area (Å²) in [5, 5.41) is 3.59. The van der Waals surface area contributed by atoms with E-state index in [1.807, 2.05) is 0 Å². The lowest BCUT2D eigenvalue weighted by molar-refractivity contribution is 0.255. The lowest BCUT2D eigenvalue weighted by Crippen LogP contribution is -2.43. The molecule has 1 unspecified atom stereocenters. The fraction of sp³-hybridized carbons (Fsp3) is 1.00. The minimum Gasteiger partial charge on any atom is -0.313 e. The summed E-state index contributed by atoms with van der Waals surface area (Å²) in [5.74, 6) is 0. The smallest absolute Gasteiger partial charge is 0.0195 e. The van der Waals surface area contributed by atoms with Crippen LogP contribution >= 0.6 is 0 Å². The summed E-state index contributed by atoms with van der Waals surface area (Å²) in [6.07, 6.45) is 7.06. The third-order valence-corrected chi connectivity index (χ3v) is 3.09. The summed E-state index contributed by atoms with van der Waals surface area (Å²) in [6, 6.07) is 1.71. The Morgan fingerprint density at radius 2 is 2.08 bits per heavy atom. The van der Waals surface area contributed by atoms with E-state index >= 15 is 0 Å². The van der Waals surface area contributed by atoms with E-state index in [2.05, 4.69) is 17.3 Å². The average molecular weight is 168 g/mol. The van der Waals surface area contributed by atoms with Crippen molar-refractivity contribution in [2.45, 2.75) is 44.2 Å². The number of hydrogen-bond donors (Lipinski definition) is 1. The Hall–Kier alpha value is -0.0800. The van der Waals surface area contributed by atoms with Crippen LogP contribution in [0.2, 0.25) is 0 Å². The molecule has 0 aromatic heterocycles. The first-order valence-electron chi connectivity index (χ1n) is 5.30. The summed E-state index contributed by atoms with van der Waals surface area (Å²) in [6.45, 7) is 2.51. The number of likely N-dealkylation sites (N-methyl/N-ethyl adjacent to an activating group) is 1. The molecule has 0 bridgehead atoms. The second-order valence-corrected chi connectivity index (χ2v) is 4.32. The Bertz CT molecular complexity index is 137. The molecule has 2 rings (SSSR count). The van der Waals surface area contributed by atoms with Gasteiger partial charge >= 0.3 is 0 Å². The molecule has 2 heteroatoms. The van der Waals surface area contributed by atoms with E-state index in [4.69, 9.17) is 0 Å². The van der Waals surface area contributed by atoms with Gasteiger partial charge < -0.3 is 10.2 Å². The van der Waals surface area contributed by atoms with E-state index in [0.29, 0.717) is 0 Å². The summed E-state index contributed by atoms with van der Waals surface area (Å²) < 4.78 is 0. The molecule has 1 saturated carbocycles. The topological polar surface area (TPSA) is 15.3 Å². The van der Waals surface area contributed by atoms with Gasteiger partial charge in [0.15, 0.2) is 0 Å². The van der Waals surface area contributed by atoms with Crippen molar-refractivity contribution in [1.82, 2.24) is 10.2 Å². The van der Waals surface area contributed by atoms with E-state index in [-0.39, 0.29) is 0 Å². The molecule has 1 aliphatic heterocycles. The van der Waals surface area contributed by atoms with Crippen molar-refractivity contribution in [2.24, 2.45) is 0 Å². The third kappa shape index (κ3) is 2.20. The van der Waals surface area contributed by atoms with Gasteiger partial charge in [-0.05, 0) is 39.3 Å². The molecule has 2 fully saturated rings. The highest BCUT2D eigenvalue weighted by Crippen LogP contribution is 2.25. The number of rotatable bonds is 3. The molecular formula is C10H20N2. The van der Waals surface area contributed by atoms with Crippen molar-refractivity contribution in [1.29, 1.82) is 0 Å². The highest BCUT2D eigenvalue weighted by Gasteiger charge is 2.27. The maximum Gasteiger partial charge on any atom is 0.0195 e. The maximum atomic E-state index is 3.59. The molecule has 1 heterocycles. The zero-order valence-electron chi connectivity index (χ0n) is 8.05. The predicted octanol–water partition coefficient (Wildman–Crippen LogP) is 1.22. The molecule has 0 aromatic carbocycles. The Labute approximate surface area is 75.3 Å². The van der Waals surface area contributed by atoms with Gasteiger partial charge in [-0.25, -0.2) is 0 Å². The Morgan fingerprint density at radius 3 is 2.67 bits per heavy atom. The van der Waals surface area contributed by atoms with Crippen LogP contribution in [0, 0.1) is 0 Å². The van der Waals surface area contributed by atoms with E-state index in [9.17, 15) is 0 Å². The fourth-order valence-corrected chi connectivity index (χ4v) is 2.09. The lowest BCUT2D eigenvalue weighted by atomic mass is 10.0.